The second-order valence-corrected chi connectivity index (χ2v) is 12.6. The van der Waals surface area contributed by atoms with Gasteiger partial charge in [-0.2, -0.15) is 22.0 Å². The molecule has 0 radical (unpaired) electrons. The van der Waals surface area contributed by atoms with Gasteiger partial charge < -0.3 is 14.5 Å². The zero-order chi connectivity index (χ0) is 30.7. The van der Waals surface area contributed by atoms with E-state index in [0.29, 0.717) is 24.8 Å². The second kappa shape index (κ2) is 10.6. The maximum absolute atomic E-state index is 14.3. The number of carbonyl (C=O) groups is 1. The number of hydrogen-bond acceptors (Lipinski definition) is 5. The number of ether oxygens (including phenoxy) is 1. The van der Waals surface area contributed by atoms with Gasteiger partial charge in [0.2, 0.25) is 5.91 Å². The smallest absolute Gasteiger partial charge is 0.416 e. The number of fused-ring (bicyclic) bond motifs is 3. The Kier molecular flexibility index (Phi) is 7.22. The summed E-state index contributed by atoms with van der Waals surface area (Å²) in [7, 11) is -4.58. The largest absolute Gasteiger partial charge is 0.435 e. The molecule has 0 spiro atoms. The fraction of sp³-hybridized carbons (Fsp3) is 0.345. The Morgan fingerprint density at radius 1 is 0.907 bits per heavy atom. The summed E-state index contributed by atoms with van der Waals surface area (Å²) in [6.45, 7) is -2.35. The van der Waals surface area contributed by atoms with E-state index in [2.05, 4.69) is 4.74 Å². The third kappa shape index (κ3) is 5.71. The fourth-order valence-electron chi connectivity index (χ4n) is 5.64. The number of benzene rings is 3. The highest BCUT2D eigenvalue weighted by molar-refractivity contribution is 7.92. The summed E-state index contributed by atoms with van der Waals surface area (Å²) in [4.78, 5) is 15.9. The van der Waals surface area contributed by atoms with Crippen molar-refractivity contribution in [2.45, 2.75) is 36.6 Å². The quantitative estimate of drug-likeness (QED) is 0.327. The van der Waals surface area contributed by atoms with Crippen LogP contribution in [0.15, 0.2) is 65.6 Å². The van der Waals surface area contributed by atoms with E-state index in [9.17, 15) is 39.6 Å². The molecular weight excluding hydrogens is 600 g/mol. The van der Waals surface area contributed by atoms with Crippen LogP contribution in [0.2, 0.25) is 0 Å². The fourth-order valence-corrected chi connectivity index (χ4v) is 7.20. The van der Waals surface area contributed by atoms with Crippen LogP contribution in [0, 0.1) is 11.7 Å². The van der Waals surface area contributed by atoms with Crippen molar-refractivity contribution in [3.05, 3.63) is 72.0 Å². The maximum Gasteiger partial charge on any atom is 0.416 e. The molecule has 1 saturated heterocycles. The van der Waals surface area contributed by atoms with Crippen LogP contribution in [0.5, 0.6) is 5.75 Å². The molecule has 2 fully saturated rings. The average Bonchev–Trinajstić information content (AvgIpc) is 3.80. The summed E-state index contributed by atoms with van der Waals surface area (Å²) in [5.74, 6) is -1.34. The number of halogens is 6. The van der Waals surface area contributed by atoms with Gasteiger partial charge in [0.1, 0.15) is 11.6 Å². The molecule has 2 aliphatic heterocycles. The van der Waals surface area contributed by atoms with Crippen molar-refractivity contribution in [3.8, 4) is 16.9 Å². The second-order valence-electron chi connectivity index (χ2n) is 10.7. The predicted molar refractivity (Wildman–Crippen MR) is 145 cm³/mol. The molecule has 43 heavy (non-hydrogen) atoms. The Bertz CT molecular complexity index is 1680. The van der Waals surface area contributed by atoms with E-state index >= 15 is 0 Å². The Labute approximate surface area is 243 Å². The average molecular weight is 626 g/mol. The van der Waals surface area contributed by atoms with E-state index in [1.54, 1.807) is 17.0 Å². The van der Waals surface area contributed by atoms with Gasteiger partial charge in [0.25, 0.3) is 10.0 Å². The predicted octanol–water partition coefficient (Wildman–Crippen LogP) is 5.75. The molecule has 1 amide bonds. The Balaban J connectivity index is 1.44. The first kappa shape index (κ1) is 29.1. The van der Waals surface area contributed by atoms with Gasteiger partial charge in [0, 0.05) is 31.6 Å². The normalized spacial score (nSPS) is 18.9. The van der Waals surface area contributed by atoms with E-state index in [4.69, 9.17) is 0 Å². The number of nitrogens with zero attached hydrogens (tertiary/aromatic N) is 3. The van der Waals surface area contributed by atoms with Crippen molar-refractivity contribution in [2.24, 2.45) is 5.92 Å². The Hall–Kier alpha value is -3.94. The number of piperazine rings is 1. The SMILES string of the molecule is O=C(C1CC1)N1CCN2c3ccc(-c4cc(F)cc(OC(F)F)c4)cc3N(S(=O)(=O)c3cccc(C(F)(F)F)c3)CC2C1. The third-order valence-corrected chi connectivity index (χ3v) is 9.61. The van der Waals surface area contributed by atoms with Gasteiger partial charge in [-0.25, -0.2) is 12.8 Å². The zero-order valence-corrected chi connectivity index (χ0v) is 23.2. The van der Waals surface area contributed by atoms with Crippen molar-refractivity contribution in [1.29, 1.82) is 0 Å². The molecule has 3 aromatic carbocycles. The molecule has 0 N–H and O–H groups in total. The van der Waals surface area contributed by atoms with Crippen molar-refractivity contribution in [1.82, 2.24) is 4.90 Å². The molecule has 14 heteroatoms. The van der Waals surface area contributed by atoms with Crippen LogP contribution < -0.4 is 13.9 Å². The van der Waals surface area contributed by atoms with E-state index < -0.39 is 50.9 Å². The van der Waals surface area contributed by atoms with E-state index in [1.165, 1.54) is 12.1 Å². The van der Waals surface area contributed by atoms with Crippen LogP contribution in [-0.2, 0) is 21.0 Å². The summed E-state index contributed by atoms with van der Waals surface area (Å²) < 4.78 is 114. The van der Waals surface area contributed by atoms with Crippen molar-refractivity contribution in [3.63, 3.8) is 0 Å². The van der Waals surface area contributed by atoms with Crippen LogP contribution >= 0.6 is 0 Å². The number of alkyl halides is 5. The molecule has 6 rings (SSSR count). The molecule has 3 aromatic rings. The molecule has 1 unspecified atom stereocenters. The summed E-state index contributed by atoms with van der Waals surface area (Å²) in [6, 6.07) is 10.6. The van der Waals surface area contributed by atoms with Gasteiger partial charge in [-0.05, 0) is 66.4 Å². The minimum absolute atomic E-state index is 0.000931. The lowest BCUT2D eigenvalue weighted by molar-refractivity contribution is -0.137. The molecule has 0 bridgehead atoms. The van der Waals surface area contributed by atoms with Crippen LogP contribution in [0.3, 0.4) is 0 Å². The highest BCUT2D eigenvalue weighted by Gasteiger charge is 2.43. The highest BCUT2D eigenvalue weighted by Crippen LogP contribution is 2.43. The zero-order valence-electron chi connectivity index (χ0n) is 22.4. The first-order valence-electron chi connectivity index (χ1n) is 13.5. The summed E-state index contributed by atoms with van der Waals surface area (Å²) >= 11 is 0. The van der Waals surface area contributed by atoms with Crippen molar-refractivity contribution in [2.75, 3.05) is 35.4 Å². The first-order valence-corrected chi connectivity index (χ1v) is 14.9. The minimum atomic E-state index is -4.78. The van der Waals surface area contributed by atoms with Crippen molar-refractivity contribution >= 4 is 27.3 Å². The minimum Gasteiger partial charge on any atom is -0.435 e. The number of anilines is 2. The molecule has 1 atom stereocenters. The highest BCUT2D eigenvalue weighted by atomic mass is 32.2. The van der Waals surface area contributed by atoms with Gasteiger partial charge in [0.05, 0.1) is 34.4 Å². The van der Waals surface area contributed by atoms with Gasteiger partial charge in [-0.1, -0.05) is 12.1 Å². The summed E-state index contributed by atoms with van der Waals surface area (Å²) in [6.07, 6.45) is -3.18. The molecule has 7 nitrogen and oxygen atoms in total. The number of amides is 1. The van der Waals surface area contributed by atoms with Gasteiger partial charge in [0.15, 0.2) is 0 Å². The summed E-state index contributed by atoms with van der Waals surface area (Å²) in [5.41, 5.74) is -0.172. The monoisotopic (exact) mass is 625 g/mol. The lowest BCUT2D eigenvalue weighted by atomic mass is 10.00. The van der Waals surface area contributed by atoms with Gasteiger partial charge in [-0.3, -0.25) is 9.10 Å². The molecule has 228 valence electrons. The Morgan fingerprint density at radius 3 is 2.37 bits per heavy atom. The van der Waals surface area contributed by atoms with E-state index in [1.807, 2.05) is 4.90 Å². The Morgan fingerprint density at radius 2 is 1.67 bits per heavy atom. The van der Waals surface area contributed by atoms with Crippen LogP contribution in [-0.4, -0.2) is 58.1 Å². The number of rotatable bonds is 6. The number of sulfonamides is 1. The van der Waals surface area contributed by atoms with E-state index in [0.717, 1.165) is 47.5 Å². The third-order valence-electron chi connectivity index (χ3n) is 7.83. The van der Waals surface area contributed by atoms with E-state index in [-0.39, 0.29) is 41.7 Å². The first-order chi connectivity index (χ1) is 20.3. The molecular formula is C29H25F6N3O4S. The van der Waals surface area contributed by atoms with Gasteiger partial charge in [-0.15, -0.1) is 0 Å². The maximum atomic E-state index is 14.3. The van der Waals surface area contributed by atoms with Crippen LogP contribution in [0.1, 0.15) is 18.4 Å². The van der Waals surface area contributed by atoms with Gasteiger partial charge >= 0.3 is 12.8 Å². The number of carbonyl (C=O) groups excluding carboxylic acids is 1. The molecule has 2 heterocycles. The molecule has 1 aliphatic carbocycles. The molecule has 0 aromatic heterocycles. The topological polar surface area (TPSA) is 70.2 Å². The lowest BCUT2D eigenvalue weighted by Crippen LogP contribution is -2.61. The summed E-state index contributed by atoms with van der Waals surface area (Å²) in [5, 5.41) is 0. The lowest BCUT2D eigenvalue weighted by Gasteiger charge is -2.49. The number of hydrogen-bond donors (Lipinski definition) is 0. The van der Waals surface area contributed by atoms with Crippen LogP contribution in [0.25, 0.3) is 11.1 Å². The van der Waals surface area contributed by atoms with Crippen LogP contribution in [0.4, 0.5) is 37.7 Å². The standard InChI is InChI=1S/C29H25F6N3O4S/c30-21-10-19(11-23(14-21)42-28(31)32)18-6-7-25-26(12-18)38(43(40,41)24-3-1-2-20(13-24)29(33,34)35)16-22-15-36(8-9-37(22)25)27(39)17-4-5-17/h1-3,6-7,10-14,17,22,28H,4-5,8-9,15-16H2. The molecule has 1 saturated carbocycles. The van der Waals surface area contributed by atoms with Crippen molar-refractivity contribution < 1.29 is 44.3 Å². The molecule has 3 aliphatic rings.